The number of aromatic amines is 1. The number of alkyl halides is 1. The Balaban J connectivity index is 1.44. The van der Waals surface area contributed by atoms with Crippen molar-refractivity contribution in [2.45, 2.75) is 82.2 Å². The van der Waals surface area contributed by atoms with Crippen LogP contribution in [-0.2, 0) is 28.9 Å². The summed E-state index contributed by atoms with van der Waals surface area (Å²) in [6.07, 6.45) is 0.280. The van der Waals surface area contributed by atoms with Crippen LogP contribution in [0.1, 0.15) is 50.6 Å². The molecule has 3 aromatic carbocycles. The standard InChI is InChI=1S/C43H51FN3O9PS2/c1-8-24-52-36-26-58-59-27-37(36)55-57(47(28(2)3)29(4)5)56-40-35(54-41(39(40)44)46-23-22-38(48)45-42(46)49)25-53-43(30-12-10-9-11-13-30,31-14-18-33(50-6)19-15-31)32-16-20-34(51-7)21-17-32/h1,9-23,28-29,35-37,39-41H,24-27H2,2-7H3,(H,45,48,49)/t35?,36-,37-,39-,40?,41-,57?/m1/s1. The van der Waals surface area contributed by atoms with Gasteiger partial charge in [-0.05, 0) is 68.7 Å². The van der Waals surface area contributed by atoms with Gasteiger partial charge >= 0.3 is 5.69 Å². The Morgan fingerprint density at radius 3 is 2.00 bits per heavy atom. The number of ether oxygens (including phenoxy) is 5. The van der Waals surface area contributed by atoms with Gasteiger partial charge in [-0.1, -0.05) is 82.1 Å². The van der Waals surface area contributed by atoms with E-state index in [-0.39, 0.29) is 31.4 Å². The lowest BCUT2D eigenvalue weighted by atomic mass is 9.80. The fraction of sp³-hybridized carbons (Fsp3) is 0.442. The van der Waals surface area contributed by atoms with Gasteiger partial charge in [0.25, 0.3) is 14.1 Å². The summed E-state index contributed by atoms with van der Waals surface area (Å²) >= 11 is 0. The number of aromatic nitrogens is 2. The van der Waals surface area contributed by atoms with Crippen LogP contribution in [0.25, 0.3) is 0 Å². The van der Waals surface area contributed by atoms with E-state index in [1.165, 1.54) is 6.20 Å². The van der Waals surface area contributed by atoms with E-state index in [0.29, 0.717) is 23.0 Å². The summed E-state index contributed by atoms with van der Waals surface area (Å²) < 4.78 is 65.0. The average Bonchev–Trinajstić information content (AvgIpc) is 3.54. The number of methoxy groups -OCH3 is 2. The van der Waals surface area contributed by atoms with Crippen molar-refractivity contribution in [2.24, 2.45) is 0 Å². The number of nitrogens with zero attached hydrogens (tertiary/aromatic N) is 2. The molecule has 1 N–H and O–H groups in total. The van der Waals surface area contributed by atoms with Crippen molar-refractivity contribution in [3.05, 3.63) is 129 Å². The van der Waals surface area contributed by atoms with Gasteiger partial charge in [-0.2, -0.15) is 0 Å². The Labute approximate surface area is 353 Å². The highest BCUT2D eigenvalue weighted by atomic mass is 33.1. The molecular formula is C43H51FN3O9PS2. The monoisotopic (exact) mass is 867 g/mol. The molecule has 0 amide bonds. The zero-order chi connectivity index (χ0) is 42.1. The van der Waals surface area contributed by atoms with Crippen LogP contribution < -0.4 is 20.7 Å². The third kappa shape index (κ3) is 10.3. The second-order valence-corrected chi connectivity index (χ2v) is 18.4. The zero-order valence-electron chi connectivity index (χ0n) is 33.9. The van der Waals surface area contributed by atoms with E-state index < -0.39 is 56.1 Å². The van der Waals surface area contributed by atoms with E-state index in [0.717, 1.165) is 27.3 Å². The van der Waals surface area contributed by atoms with E-state index in [9.17, 15) is 9.59 Å². The van der Waals surface area contributed by atoms with Crippen molar-refractivity contribution in [3.8, 4) is 23.8 Å². The summed E-state index contributed by atoms with van der Waals surface area (Å²) in [5.41, 5.74) is -0.401. The Hall–Kier alpha value is -3.68. The van der Waals surface area contributed by atoms with Crippen molar-refractivity contribution in [1.29, 1.82) is 0 Å². The molecule has 2 aliphatic rings. The fourth-order valence-corrected chi connectivity index (χ4v) is 11.7. The molecule has 3 heterocycles. The summed E-state index contributed by atoms with van der Waals surface area (Å²) in [6.45, 7) is 8.02. The number of benzene rings is 3. The molecule has 2 fully saturated rings. The predicted octanol–water partition coefficient (Wildman–Crippen LogP) is 7.33. The molecule has 1 aromatic heterocycles. The topological polar surface area (TPSA) is 123 Å². The quantitative estimate of drug-likeness (QED) is 0.0467. The Morgan fingerprint density at radius 2 is 1.46 bits per heavy atom. The predicted molar refractivity (Wildman–Crippen MR) is 231 cm³/mol. The van der Waals surface area contributed by atoms with Gasteiger partial charge in [-0.15, -0.1) is 6.42 Å². The van der Waals surface area contributed by atoms with Gasteiger partial charge in [0.15, 0.2) is 12.4 Å². The van der Waals surface area contributed by atoms with Gasteiger partial charge in [0.1, 0.15) is 42.0 Å². The maximum atomic E-state index is 17.4. The number of hydrogen-bond acceptors (Lipinski definition) is 12. The highest BCUT2D eigenvalue weighted by Crippen LogP contribution is 2.53. The second kappa shape index (κ2) is 20.7. The highest BCUT2D eigenvalue weighted by molar-refractivity contribution is 8.76. The third-order valence-electron chi connectivity index (χ3n) is 10.1. The molecule has 0 radical (unpaired) electrons. The van der Waals surface area contributed by atoms with Crippen LogP contribution in [0.2, 0.25) is 0 Å². The van der Waals surface area contributed by atoms with Crippen molar-refractivity contribution in [2.75, 3.05) is 38.9 Å². The number of hydrogen-bond donors (Lipinski definition) is 1. The summed E-state index contributed by atoms with van der Waals surface area (Å²) in [7, 11) is 4.55. The molecule has 7 atom stereocenters. The van der Waals surface area contributed by atoms with Gasteiger partial charge in [-0.3, -0.25) is 14.3 Å². The van der Waals surface area contributed by atoms with Crippen LogP contribution >= 0.6 is 30.1 Å². The van der Waals surface area contributed by atoms with Crippen LogP contribution in [0.15, 0.2) is 101 Å². The highest BCUT2D eigenvalue weighted by Gasteiger charge is 2.52. The summed E-state index contributed by atoms with van der Waals surface area (Å²) in [6, 6.07) is 25.8. The lowest BCUT2D eigenvalue weighted by Gasteiger charge is -2.41. The normalized spacial score (nSPS) is 22.7. The summed E-state index contributed by atoms with van der Waals surface area (Å²) in [5.74, 6) is 5.10. The van der Waals surface area contributed by atoms with E-state index in [2.05, 4.69) is 15.6 Å². The maximum Gasteiger partial charge on any atom is 0.330 e. The minimum atomic E-state index is -1.98. The van der Waals surface area contributed by atoms with Crippen molar-refractivity contribution in [1.82, 2.24) is 14.2 Å². The molecular weight excluding hydrogens is 817 g/mol. The summed E-state index contributed by atoms with van der Waals surface area (Å²) in [5, 5.41) is 0. The molecule has 316 valence electrons. The first kappa shape index (κ1) is 44.9. The molecule has 6 rings (SSSR count). The van der Waals surface area contributed by atoms with Gasteiger partial charge in [0, 0.05) is 35.9 Å². The number of nitrogens with one attached hydrogen (secondary N) is 1. The molecule has 0 aliphatic carbocycles. The van der Waals surface area contributed by atoms with Gasteiger partial charge < -0.3 is 32.7 Å². The molecule has 16 heteroatoms. The molecule has 3 unspecified atom stereocenters. The minimum absolute atomic E-state index is 0.0691. The molecule has 12 nitrogen and oxygen atoms in total. The van der Waals surface area contributed by atoms with Crippen molar-refractivity contribution >= 4 is 30.1 Å². The fourth-order valence-electron chi connectivity index (χ4n) is 7.27. The first-order chi connectivity index (χ1) is 28.5. The lowest BCUT2D eigenvalue weighted by molar-refractivity contribution is -0.0942. The van der Waals surface area contributed by atoms with Gasteiger partial charge in [0.05, 0.1) is 26.9 Å². The molecule has 2 aliphatic heterocycles. The average molecular weight is 868 g/mol. The Morgan fingerprint density at radius 1 is 0.881 bits per heavy atom. The van der Waals surface area contributed by atoms with Crippen LogP contribution in [0.4, 0.5) is 4.39 Å². The Bertz CT molecular complexity index is 2050. The van der Waals surface area contributed by atoms with Gasteiger partial charge in [-0.25, -0.2) is 13.9 Å². The van der Waals surface area contributed by atoms with Crippen LogP contribution in [0.3, 0.4) is 0 Å². The van der Waals surface area contributed by atoms with Crippen LogP contribution in [0.5, 0.6) is 11.5 Å². The number of terminal acetylenes is 1. The lowest BCUT2D eigenvalue weighted by Crippen LogP contribution is -2.43. The van der Waals surface area contributed by atoms with E-state index in [1.807, 2.05) is 107 Å². The van der Waals surface area contributed by atoms with Gasteiger partial charge in [0.2, 0.25) is 0 Å². The zero-order valence-corrected chi connectivity index (χ0v) is 36.4. The molecule has 0 saturated carbocycles. The minimum Gasteiger partial charge on any atom is -0.497 e. The third-order valence-corrected chi connectivity index (χ3v) is 14.6. The second-order valence-electron chi connectivity index (χ2n) is 14.5. The van der Waals surface area contributed by atoms with Crippen LogP contribution in [0, 0.1) is 12.3 Å². The number of rotatable bonds is 18. The SMILES string of the molecule is C#CCO[C@@H]1CSSC[C@H]1OP(OC1C(COC(c2ccccc2)(c2ccc(OC)cc2)c2ccc(OC)cc2)O[C@@H](n2ccc(=O)[nH]c2=O)[C@@H]1F)N(C(C)C)C(C)C. The Kier molecular flexibility index (Phi) is 15.8. The number of halogens is 1. The van der Waals surface area contributed by atoms with E-state index in [1.54, 1.807) is 35.8 Å². The molecule has 0 spiro atoms. The van der Waals surface area contributed by atoms with Crippen molar-refractivity contribution in [3.63, 3.8) is 0 Å². The molecule has 0 bridgehead atoms. The van der Waals surface area contributed by atoms with Crippen molar-refractivity contribution < 1.29 is 37.1 Å². The molecule has 4 aromatic rings. The number of H-pyrrole nitrogens is 1. The maximum absolute atomic E-state index is 17.4. The first-order valence-corrected chi connectivity index (χ1v) is 22.9. The van der Waals surface area contributed by atoms with E-state index >= 15 is 4.39 Å². The molecule has 2 saturated heterocycles. The molecule has 59 heavy (non-hydrogen) atoms. The summed E-state index contributed by atoms with van der Waals surface area (Å²) in [4.78, 5) is 27.5. The largest absolute Gasteiger partial charge is 0.497 e. The van der Waals surface area contributed by atoms with E-state index in [4.69, 9.17) is 39.2 Å². The smallest absolute Gasteiger partial charge is 0.330 e. The first-order valence-electron chi connectivity index (χ1n) is 19.3. The van der Waals surface area contributed by atoms with Crippen LogP contribution in [-0.4, -0.2) is 95.8 Å².